The zero-order chi connectivity index (χ0) is 14.2. The van der Waals surface area contributed by atoms with E-state index in [1.54, 1.807) is 26.2 Å². The number of anilines is 1. The fourth-order valence-corrected chi connectivity index (χ4v) is 4.69. The number of nitrogens with zero attached hydrogens (tertiary/aromatic N) is 1. The van der Waals surface area contributed by atoms with Crippen molar-refractivity contribution in [2.24, 2.45) is 0 Å². The van der Waals surface area contributed by atoms with Gasteiger partial charge in [-0.3, -0.25) is 9.82 Å². The molecule has 0 aromatic carbocycles. The van der Waals surface area contributed by atoms with Crippen LogP contribution in [0, 0.1) is 20.8 Å². The number of rotatable bonds is 4. The molecule has 2 heterocycles. The van der Waals surface area contributed by atoms with E-state index in [0.29, 0.717) is 27.5 Å². The fraction of sp³-hybridized carbons (Fsp3) is 0.364. The van der Waals surface area contributed by atoms with Crippen molar-refractivity contribution in [2.45, 2.75) is 32.3 Å². The predicted molar refractivity (Wildman–Crippen MR) is 73.8 cm³/mol. The first-order valence-corrected chi connectivity index (χ1v) is 7.95. The van der Waals surface area contributed by atoms with E-state index < -0.39 is 10.0 Å². The van der Waals surface area contributed by atoms with E-state index in [1.165, 1.54) is 11.3 Å². The maximum Gasteiger partial charge on any atom is 0.263 e. The third-order valence-corrected chi connectivity index (χ3v) is 5.56. The molecule has 0 amide bonds. The van der Waals surface area contributed by atoms with Crippen molar-refractivity contribution in [1.82, 2.24) is 10.2 Å². The van der Waals surface area contributed by atoms with E-state index in [1.807, 2.05) is 0 Å². The summed E-state index contributed by atoms with van der Waals surface area (Å²) in [6.45, 7) is 4.87. The molecule has 0 aliphatic carbocycles. The van der Waals surface area contributed by atoms with Crippen LogP contribution in [0.3, 0.4) is 0 Å². The van der Waals surface area contributed by atoms with E-state index >= 15 is 0 Å². The monoisotopic (exact) mass is 301 g/mol. The highest BCUT2D eigenvalue weighted by Gasteiger charge is 2.24. The number of aliphatic hydroxyl groups excluding tert-OH is 1. The molecule has 2 rings (SSSR count). The Balaban J connectivity index is 2.47. The zero-order valence-electron chi connectivity index (χ0n) is 10.8. The lowest BCUT2D eigenvalue weighted by molar-refractivity contribution is 0.282. The molecule has 8 heteroatoms. The number of hydrogen-bond acceptors (Lipinski definition) is 5. The van der Waals surface area contributed by atoms with Gasteiger partial charge in [0.15, 0.2) is 0 Å². The summed E-state index contributed by atoms with van der Waals surface area (Å²) in [7, 11) is -3.72. The Morgan fingerprint density at radius 3 is 2.63 bits per heavy atom. The third-order valence-electron chi connectivity index (χ3n) is 2.77. The van der Waals surface area contributed by atoms with Gasteiger partial charge in [0.25, 0.3) is 10.0 Å². The Morgan fingerprint density at radius 2 is 2.11 bits per heavy atom. The van der Waals surface area contributed by atoms with E-state index in [0.717, 1.165) is 0 Å². The third kappa shape index (κ3) is 2.51. The smallest absolute Gasteiger partial charge is 0.263 e. The first-order chi connectivity index (χ1) is 8.86. The quantitative estimate of drug-likeness (QED) is 0.801. The Morgan fingerprint density at radius 1 is 1.42 bits per heavy atom. The van der Waals surface area contributed by atoms with Gasteiger partial charge in [-0.2, -0.15) is 5.10 Å². The second-order valence-corrected chi connectivity index (χ2v) is 6.83. The highest BCUT2D eigenvalue weighted by Crippen LogP contribution is 2.29. The number of aromatic nitrogens is 2. The Kier molecular flexibility index (Phi) is 3.66. The summed E-state index contributed by atoms with van der Waals surface area (Å²) in [5.74, 6) is 0. The van der Waals surface area contributed by atoms with Gasteiger partial charge in [0, 0.05) is 0 Å². The summed E-state index contributed by atoms with van der Waals surface area (Å²) in [6.07, 6.45) is 0. The molecule has 3 N–H and O–H groups in total. The number of aryl methyl sites for hydroxylation is 3. The highest BCUT2D eigenvalue weighted by molar-refractivity contribution is 7.93. The van der Waals surface area contributed by atoms with Gasteiger partial charge in [-0.05, 0) is 31.7 Å². The van der Waals surface area contributed by atoms with Crippen molar-refractivity contribution in [2.75, 3.05) is 4.72 Å². The number of hydrogen-bond donors (Lipinski definition) is 3. The molecule has 0 spiro atoms. The fourth-order valence-electron chi connectivity index (χ4n) is 1.84. The van der Waals surface area contributed by atoms with Crippen molar-refractivity contribution in [3.63, 3.8) is 0 Å². The molecule has 0 bridgehead atoms. The Hall–Kier alpha value is -1.38. The molecule has 104 valence electrons. The normalized spacial score (nSPS) is 11.8. The van der Waals surface area contributed by atoms with Crippen molar-refractivity contribution >= 4 is 27.0 Å². The largest absolute Gasteiger partial charge is 0.391 e. The van der Waals surface area contributed by atoms with Crippen LogP contribution < -0.4 is 4.72 Å². The van der Waals surface area contributed by atoms with Gasteiger partial charge in [0.2, 0.25) is 0 Å². The summed E-state index contributed by atoms with van der Waals surface area (Å²) < 4.78 is 27.3. The minimum atomic E-state index is -3.72. The lowest BCUT2D eigenvalue weighted by Crippen LogP contribution is -2.15. The summed E-state index contributed by atoms with van der Waals surface area (Å²) in [4.78, 5) is 0.587. The van der Waals surface area contributed by atoms with Gasteiger partial charge in [-0.1, -0.05) is 0 Å². The molecule has 0 radical (unpaired) electrons. The van der Waals surface area contributed by atoms with Gasteiger partial charge < -0.3 is 5.11 Å². The molecule has 19 heavy (non-hydrogen) atoms. The van der Waals surface area contributed by atoms with E-state index in [9.17, 15) is 13.5 Å². The lowest BCUT2D eigenvalue weighted by atomic mass is 10.3. The number of sulfonamides is 1. The van der Waals surface area contributed by atoms with Gasteiger partial charge in [0.1, 0.15) is 4.90 Å². The number of nitrogens with one attached hydrogen (secondary N) is 2. The van der Waals surface area contributed by atoms with Crippen LogP contribution in [-0.4, -0.2) is 23.7 Å². The predicted octanol–water partition coefficient (Wildman–Crippen LogP) is 1.69. The standard InChI is InChI=1S/C11H15N3O3S2/c1-6-5-18-9(4-15)11(6)19(16,17)14-10-7(2)12-13-8(10)3/h5,14-15H,4H2,1-3H3,(H,12,13). The number of aliphatic hydroxyl groups is 1. The molecule has 0 unspecified atom stereocenters. The lowest BCUT2D eigenvalue weighted by Gasteiger charge is -2.09. The molecule has 6 nitrogen and oxygen atoms in total. The molecular formula is C11H15N3O3S2. The summed E-state index contributed by atoms with van der Waals surface area (Å²) >= 11 is 1.23. The van der Waals surface area contributed by atoms with Gasteiger partial charge >= 0.3 is 0 Å². The van der Waals surface area contributed by atoms with Crippen molar-refractivity contribution in [3.05, 3.63) is 27.2 Å². The van der Waals surface area contributed by atoms with Crippen molar-refractivity contribution < 1.29 is 13.5 Å². The molecule has 0 saturated carbocycles. The minimum absolute atomic E-state index is 0.153. The molecule has 0 atom stereocenters. The molecule has 0 aliphatic heterocycles. The molecule has 0 aliphatic rings. The second kappa shape index (κ2) is 4.95. The van der Waals surface area contributed by atoms with Crippen molar-refractivity contribution in [1.29, 1.82) is 0 Å². The van der Waals surface area contributed by atoms with Crippen LogP contribution >= 0.6 is 11.3 Å². The number of H-pyrrole nitrogens is 1. The van der Waals surface area contributed by atoms with Crippen LogP contribution in [0.15, 0.2) is 10.3 Å². The second-order valence-electron chi connectivity index (χ2n) is 4.24. The van der Waals surface area contributed by atoms with Crippen LogP contribution in [-0.2, 0) is 16.6 Å². The van der Waals surface area contributed by atoms with Crippen molar-refractivity contribution in [3.8, 4) is 0 Å². The topological polar surface area (TPSA) is 95.1 Å². The van der Waals surface area contributed by atoms with E-state index in [2.05, 4.69) is 14.9 Å². The first-order valence-electron chi connectivity index (χ1n) is 5.59. The first kappa shape index (κ1) is 14.0. The van der Waals surface area contributed by atoms with Gasteiger partial charge in [0.05, 0.1) is 28.6 Å². The average Bonchev–Trinajstić information content (AvgIpc) is 2.86. The SMILES string of the molecule is Cc1csc(CO)c1S(=O)(=O)Nc1c(C)n[nH]c1C. The summed E-state index contributed by atoms with van der Waals surface area (Å²) in [5, 5.41) is 17.6. The Bertz CT molecular complexity index is 681. The van der Waals surface area contributed by atoms with E-state index in [4.69, 9.17) is 0 Å². The minimum Gasteiger partial charge on any atom is -0.391 e. The summed E-state index contributed by atoms with van der Waals surface area (Å²) in [5.41, 5.74) is 2.31. The molecule has 2 aromatic rings. The molecule has 0 saturated heterocycles. The van der Waals surface area contributed by atoms with Crippen LogP contribution in [0.1, 0.15) is 21.8 Å². The van der Waals surface area contributed by atoms with Gasteiger partial charge in [-0.25, -0.2) is 8.42 Å². The van der Waals surface area contributed by atoms with E-state index in [-0.39, 0.29) is 11.5 Å². The maximum atomic E-state index is 12.4. The molecule has 0 fully saturated rings. The zero-order valence-corrected chi connectivity index (χ0v) is 12.4. The van der Waals surface area contributed by atoms with Crippen LogP contribution in [0.25, 0.3) is 0 Å². The molecular weight excluding hydrogens is 286 g/mol. The highest BCUT2D eigenvalue weighted by atomic mass is 32.2. The molecule has 2 aromatic heterocycles. The van der Waals surface area contributed by atoms with Crippen LogP contribution in [0.5, 0.6) is 0 Å². The van der Waals surface area contributed by atoms with Crippen LogP contribution in [0.2, 0.25) is 0 Å². The maximum absolute atomic E-state index is 12.4. The van der Waals surface area contributed by atoms with Gasteiger partial charge in [-0.15, -0.1) is 11.3 Å². The summed E-state index contributed by atoms with van der Waals surface area (Å²) in [6, 6.07) is 0. The Labute approximate surface area is 115 Å². The average molecular weight is 301 g/mol. The number of thiophene rings is 1. The van der Waals surface area contributed by atoms with Crippen LogP contribution in [0.4, 0.5) is 5.69 Å². The number of aromatic amines is 1.